The molecule has 1 amide bonds. The number of hydrogen-bond acceptors (Lipinski definition) is 3. The summed E-state index contributed by atoms with van der Waals surface area (Å²) < 4.78 is 7.89. The van der Waals surface area contributed by atoms with Gasteiger partial charge in [-0.05, 0) is 28.9 Å². The lowest BCUT2D eigenvalue weighted by Gasteiger charge is -2.12. The quantitative estimate of drug-likeness (QED) is 0.924. The van der Waals surface area contributed by atoms with E-state index in [1.165, 1.54) is 0 Å². The SMILES string of the molecule is CCn1cc(Br)cc1C(=O)Nc1cc(C(C)(C)C)no1. The van der Waals surface area contributed by atoms with Gasteiger partial charge in [-0.25, -0.2) is 0 Å². The summed E-state index contributed by atoms with van der Waals surface area (Å²) in [6.07, 6.45) is 1.87. The summed E-state index contributed by atoms with van der Waals surface area (Å²) in [6, 6.07) is 3.53. The van der Waals surface area contributed by atoms with Crippen LogP contribution in [0, 0.1) is 0 Å². The zero-order chi connectivity index (χ0) is 14.9. The van der Waals surface area contributed by atoms with E-state index in [-0.39, 0.29) is 11.3 Å². The average molecular weight is 340 g/mol. The second kappa shape index (κ2) is 5.44. The number of carbonyl (C=O) groups is 1. The molecule has 0 aliphatic heterocycles. The fourth-order valence-electron chi connectivity index (χ4n) is 1.79. The van der Waals surface area contributed by atoms with Gasteiger partial charge >= 0.3 is 0 Å². The monoisotopic (exact) mass is 339 g/mol. The summed E-state index contributed by atoms with van der Waals surface area (Å²) in [5, 5.41) is 6.71. The van der Waals surface area contributed by atoms with Crippen molar-refractivity contribution in [2.24, 2.45) is 0 Å². The standard InChI is InChI=1S/C14H18BrN3O2/c1-5-18-8-9(15)6-10(18)13(19)16-12-7-11(17-20-12)14(2,3)4/h6-8H,5H2,1-4H3,(H,16,19). The number of hydrogen-bond donors (Lipinski definition) is 1. The highest BCUT2D eigenvalue weighted by Crippen LogP contribution is 2.24. The second-order valence-electron chi connectivity index (χ2n) is 5.61. The molecule has 108 valence electrons. The molecule has 0 aliphatic carbocycles. The van der Waals surface area contributed by atoms with Crippen LogP contribution in [0.15, 0.2) is 27.3 Å². The molecule has 0 aliphatic rings. The van der Waals surface area contributed by atoms with Crippen LogP contribution in [0.3, 0.4) is 0 Å². The van der Waals surface area contributed by atoms with Crippen molar-refractivity contribution in [3.8, 4) is 0 Å². The molecule has 2 heterocycles. The molecule has 0 bridgehead atoms. The van der Waals surface area contributed by atoms with E-state index in [9.17, 15) is 4.79 Å². The maximum absolute atomic E-state index is 12.2. The lowest BCUT2D eigenvalue weighted by atomic mass is 9.92. The van der Waals surface area contributed by atoms with Crippen LogP contribution in [0.1, 0.15) is 43.9 Å². The Morgan fingerprint density at radius 1 is 1.45 bits per heavy atom. The first-order valence-electron chi connectivity index (χ1n) is 6.45. The van der Waals surface area contributed by atoms with Crippen molar-refractivity contribution in [1.29, 1.82) is 0 Å². The van der Waals surface area contributed by atoms with E-state index in [0.29, 0.717) is 11.6 Å². The third-order valence-electron chi connectivity index (χ3n) is 2.95. The van der Waals surface area contributed by atoms with Crippen LogP contribution in [0.2, 0.25) is 0 Å². The van der Waals surface area contributed by atoms with Crippen LogP contribution in [0.4, 0.5) is 5.88 Å². The third-order valence-corrected chi connectivity index (χ3v) is 3.39. The van der Waals surface area contributed by atoms with Crippen LogP contribution in [-0.4, -0.2) is 15.6 Å². The van der Waals surface area contributed by atoms with Gasteiger partial charge < -0.3 is 9.09 Å². The van der Waals surface area contributed by atoms with Crippen LogP contribution < -0.4 is 5.32 Å². The van der Waals surface area contributed by atoms with Crippen molar-refractivity contribution in [2.75, 3.05) is 5.32 Å². The minimum Gasteiger partial charge on any atom is -0.343 e. The molecule has 2 aromatic heterocycles. The number of amides is 1. The molecule has 2 aromatic rings. The number of nitrogens with zero attached hydrogens (tertiary/aromatic N) is 2. The molecule has 5 nitrogen and oxygen atoms in total. The molecule has 0 spiro atoms. The molecule has 0 aromatic carbocycles. The van der Waals surface area contributed by atoms with Gasteiger partial charge in [0, 0.05) is 28.7 Å². The summed E-state index contributed by atoms with van der Waals surface area (Å²) >= 11 is 3.37. The zero-order valence-electron chi connectivity index (χ0n) is 12.0. The largest absolute Gasteiger partial charge is 0.343 e. The Kier molecular flexibility index (Phi) is 4.04. The minimum atomic E-state index is -0.214. The van der Waals surface area contributed by atoms with Crippen molar-refractivity contribution < 1.29 is 9.32 Å². The van der Waals surface area contributed by atoms with Gasteiger partial charge in [-0.1, -0.05) is 25.9 Å². The molecular weight excluding hydrogens is 322 g/mol. The maximum atomic E-state index is 12.2. The van der Waals surface area contributed by atoms with Crippen molar-refractivity contribution in [3.05, 3.63) is 34.2 Å². The molecule has 0 fully saturated rings. The maximum Gasteiger partial charge on any atom is 0.274 e. The van der Waals surface area contributed by atoms with E-state index in [1.807, 2.05) is 38.5 Å². The van der Waals surface area contributed by atoms with E-state index in [1.54, 1.807) is 12.1 Å². The number of rotatable bonds is 3. The van der Waals surface area contributed by atoms with Crippen molar-refractivity contribution in [1.82, 2.24) is 9.72 Å². The highest BCUT2D eigenvalue weighted by molar-refractivity contribution is 9.10. The summed E-state index contributed by atoms with van der Waals surface area (Å²) in [4.78, 5) is 12.2. The number of aryl methyl sites for hydroxylation is 1. The molecule has 2 rings (SSSR count). The van der Waals surface area contributed by atoms with Crippen LogP contribution in [0.5, 0.6) is 0 Å². The first kappa shape index (κ1) is 14.8. The number of nitrogens with one attached hydrogen (secondary N) is 1. The van der Waals surface area contributed by atoms with E-state index in [2.05, 4.69) is 26.4 Å². The average Bonchev–Trinajstić information content (AvgIpc) is 2.94. The fourth-order valence-corrected chi connectivity index (χ4v) is 2.25. The van der Waals surface area contributed by atoms with E-state index in [0.717, 1.165) is 16.7 Å². The smallest absolute Gasteiger partial charge is 0.274 e. The van der Waals surface area contributed by atoms with Gasteiger partial charge in [-0.3, -0.25) is 10.1 Å². The lowest BCUT2D eigenvalue weighted by Crippen LogP contribution is -2.16. The first-order chi connectivity index (χ1) is 9.31. The van der Waals surface area contributed by atoms with Crippen molar-refractivity contribution in [3.63, 3.8) is 0 Å². The molecule has 1 N–H and O–H groups in total. The number of halogens is 1. The summed E-state index contributed by atoms with van der Waals surface area (Å²) in [7, 11) is 0. The first-order valence-corrected chi connectivity index (χ1v) is 7.24. The van der Waals surface area contributed by atoms with Crippen molar-refractivity contribution >= 4 is 27.7 Å². The molecular formula is C14H18BrN3O2. The molecule has 0 radical (unpaired) electrons. The summed E-state index contributed by atoms with van der Waals surface area (Å²) in [5.41, 5.74) is 1.27. The van der Waals surface area contributed by atoms with Gasteiger partial charge in [0.25, 0.3) is 5.91 Å². The topological polar surface area (TPSA) is 60.1 Å². The zero-order valence-corrected chi connectivity index (χ0v) is 13.6. The van der Waals surface area contributed by atoms with Crippen LogP contribution >= 0.6 is 15.9 Å². The summed E-state index contributed by atoms with van der Waals surface area (Å²) in [5.74, 6) is 0.147. The predicted octanol–water partition coefficient (Wildman–Crippen LogP) is 3.81. The Hall–Kier alpha value is -1.56. The van der Waals surface area contributed by atoms with Crippen molar-refractivity contribution in [2.45, 2.75) is 39.7 Å². The highest BCUT2D eigenvalue weighted by Gasteiger charge is 2.20. The molecule has 6 heteroatoms. The Bertz CT molecular complexity index is 623. The molecule has 0 atom stereocenters. The highest BCUT2D eigenvalue weighted by atomic mass is 79.9. The Morgan fingerprint density at radius 2 is 2.15 bits per heavy atom. The van der Waals surface area contributed by atoms with Gasteiger partial charge in [0.1, 0.15) is 5.69 Å². The van der Waals surface area contributed by atoms with Gasteiger partial charge in [-0.2, -0.15) is 0 Å². The predicted molar refractivity (Wildman–Crippen MR) is 81.0 cm³/mol. The summed E-state index contributed by atoms with van der Waals surface area (Å²) in [6.45, 7) is 8.81. The number of anilines is 1. The molecule has 0 unspecified atom stereocenters. The Morgan fingerprint density at radius 3 is 2.70 bits per heavy atom. The Labute approximate surface area is 126 Å². The second-order valence-corrected chi connectivity index (χ2v) is 6.53. The van der Waals surface area contributed by atoms with Crippen LogP contribution in [0.25, 0.3) is 0 Å². The third kappa shape index (κ3) is 3.12. The van der Waals surface area contributed by atoms with Gasteiger partial charge in [-0.15, -0.1) is 0 Å². The molecule has 0 saturated carbocycles. The van der Waals surface area contributed by atoms with E-state index >= 15 is 0 Å². The number of aromatic nitrogens is 2. The van der Waals surface area contributed by atoms with E-state index < -0.39 is 0 Å². The Balaban J connectivity index is 2.17. The normalized spacial score (nSPS) is 11.7. The van der Waals surface area contributed by atoms with E-state index in [4.69, 9.17) is 4.52 Å². The fraction of sp³-hybridized carbons (Fsp3) is 0.429. The van der Waals surface area contributed by atoms with Gasteiger partial charge in [0.15, 0.2) is 0 Å². The minimum absolute atomic E-state index is 0.112. The molecule has 20 heavy (non-hydrogen) atoms. The molecule has 0 saturated heterocycles. The van der Waals surface area contributed by atoms with Gasteiger partial charge in [0.2, 0.25) is 5.88 Å². The van der Waals surface area contributed by atoms with Gasteiger partial charge in [0.05, 0.1) is 5.69 Å². The number of carbonyl (C=O) groups excluding carboxylic acids is 1. The lowest BCUT2D eigenvalue weighted by molar-refractivity contribution is 0.101. The van der Waals surface area contributed by atoms with Crippen LogP contribution in [-0.2, 0) is 12.0 Å².